The van der Waals surface area contributed by atoms with Gasteiger partial charge in [0, 0.05) is 16.9 Å². The molecular weight excluding hydrogens is 395 g/mol. The van der Waals surface area contributed by atoms with E-state index in [2.05, 4.69) is 20.7 Å². The molecule has 0 saturated carbocycles. The van der Waals surface area contributed by atoms with Gasteiger partial charge in [-0.25, -0.2) is 8.42 Å². The van der Waals surface area contributed by atoms with Gasteiger partial charge in [-0.2, -0.15) is 18.0 Å². The fraction of sp³-hybridized carbons (Fsp3) is 0.235. The third-order valence-electron chi connectivity index (χ3n) is 3.95. The van der Waals surface area contributed by atoms with Gasteiger partial charge in [0.1, 0.15) is 0 Å². The van der Waals surface area contributed by atoms with Crippen molar-refractivity contribution in [1.82, 2.24) is 20.2 Å². The van der Waals surface area contributed by atoms with Gasteiger partial charge in [-0.15, -0.1) is 10.2 Å². The summed E-state index contributed by atoms with van der Waals surface area (Å²) in [6.07, 6.45) is -4.48. The maximum Gasteiger partial charge on any atom is 0.416 e. The molecule has 0 aliphatic rings. The molecule has 0 bridgehead atoms. The van der Waals surface area contributed by atoms with Gasteiger partial charge in [0.2, 0.25) is 5.82 Å². The molecule has 2 aromatic carbocycles. The second-order valence-corrected chi connectivity index (χ2v) is 8.20. The molecule has 0 amide bonds. The number of aryl methyl sites for hydroxylation is 1. The zero-order valence-electron chi connectivity index (χ0n) is 14.9. The average molecular weight is 411 g/mol. The van der Waals surface area contributed by atoms with Crippen molar-refractivity contribution in [3.05, 3.63) is 48.0 Å². The number of rotatable bonds is 5. The lowest BCUT2D eigenvalue weighted by Crippen LogP contribution is -2.06. The van der Waals surface area contributed by atoms with Crippen molar-refractivity contribution in [3.63, 3.8) is 0 Å². The van der Waals surface area contributed by atoms with Crippen molar-refractivity contribution >= 4 is 21.2 Å². The van der Waals surface area contributed by atoms with Crippen molar-refractivity contribution in [2.75, 3.05) is 11.1 Å². The largest absolute Gasteiger partial charge is 0.416 e. The maximum absolute atomic E-state index is 13.0. The number of hydrogen-bond donors (Lipinski definition) is 1. The Labute approximate surface area is 159 Å². The van der Waals surface area contributed by atoms with Gasteiger partial charge in [0.25, 0.3) is 0 Å². The molecule has 7 nitrogen and oxygen atoms in total. The summed E-state index contributed by atoms with van der Waals surface area (Å²) in [4.78, 5) is 1.26. The normalized spacial score (nSPS) is 12.2. The van der Waals surface area contributed by atoms with Crippen LogP contribution in [0.2, 0.25) is 0 Å². The van der Waals surface area contributed by atoms with E-state index in [0.717, 1.165) is 12.1 Å². The van der Waals surface area contributed by atoms with Crippen LogP contribution >= 0.6 is 0 Å². The molecule has 0 spiro atoms. The highest BCUT2D eigenvalue weighted by molar-refractivity contribution is 7.91. The monoisotopic (exact) mass is 411 g/mol. The van der Waals surface area contributed by atoms with Crippen LogP contribution in [0.5, 0.6) is 0 Å². The molecule has 0 radical (unpaired) electrons. The highest BCUT2D eigenvalue weighted by Gasteiger charge is 2.30. The van der Waals surface area contributed by atoms with Crippen molar-refractivity contribution in [1.29, 1.82) is 0 Å². The Morgan fingerprint density at radius 1 is 1.14 bits per heavy atom. The zero-order chi connectivity index (χ0) is 20.5. The molecule has 0 fully saturated rings. The molecular formula is C17H16F3N5O2S. The lowest BCUT2D eigenvalue weighted by molar-refractivity contribution is -0.137. The first-order valence-electron chi connectivity index (χ1n) is 8.15. The maximum atomic E-state index is 13.0. The van der Waals surface area contributed by atoms with Crippen LogP contribution in [-0.4, -0.2) is 34.4 Å². The minimum absolute atomic E-state index is 0.0621. The highest BCUT2D eigenvalue weighted by Crippen LogP contribution is 2.34. The number of nitrogens with one attached hydrogen (secondary N) is 1. The van der Waals surface area contributed by atoms with E-state index in [-0.39, 0.29) is 22.2 Å². The Balaban J connectivity index is 2.08. The molecule has 0 unspecified atom stereocenters. The summed E-state index contributed by atoms with van der Waals surface area (Å²) in [7, 11) is -1.95. The van der Waals surface area contributed by atoms with E-state index < -0.39 is 21.6 Å². The molecule has 0 aliphatic carbocycles. The first kappa shape index (κ1) is 19.8. The molecule has 148 valence electrons. The molecule has 1 aromatic heterocycles. The summed E-state index contributed by atoms with van der Waals surface area (Å²) in [6.45, 7) is 1.52. The van der Waals surface area contributed by atoms with Gasteiger partial charge in [-0.05, 0) is 41.6 Å². The number of nitrogens with zero attached hydrogens (tertiary/aromatic N) is 4. The summed E-state index contributed by atoms with van der Waals surface area (Å²) in [6, 6.07) is 8.91. The van der Waals surface area contributed by atoms with Crippen LogP contribution in [0.15, 0.2) is 47.4 Å². The molecule has 0 saturated heterocycles. The lowest BCUT2D eigenvalue weighted by Gasteiger charge is -2.14. The van der Waals surface area contributed by atoms with Gasteiger partial charge >= 0.3 is 6.18 Å². The summed E-state index contributed by atoms with van der Waals surface area (Å²) in [5.41, 5.74) is 0.0373. The van der Waals surface area contributed by atoms with Gasteiger partial charge in [0.05, 0.1) is 23.3 Å². The summed E-state index contributed by atoms with van der Waals surface area (Å²) in [5, 5.41) is 14.6. The van der Waals surface area contributed by atoms with Crippen LogP contribution in [0, 0.1) is 0 Å². The first-order chi connectivity index (χ1) is 13.1. The molecule has 28 heavy (non-hydrogen) atoms. The van der Waals surface area contributed by atoms with E-state index in [9.17, 15) is 21.6 Å². The predicted octanol–water partition coefficient (Wildman–Crippen LogP) is 3.43. The quantitative estimate of drug-likeness (QED) is 0.692. The summed E-state index contributed by atoms with van der Waals surface area (Å²) in [5.74, 6) is 0.0471. The Kier molecular flexibility index (Phi) is 5.11. The molecule has 3 rings (SSSR count). The van der Waals surface area contributed by atoms with E-state index in [1.165, 1.54) is 42.1 Å². The fourth-order valence-corrected chi connectivity index (χ4v) is 3.40. The number of alkyl halides is 3. The number of aromatic nitrogens is 4. The lowest BCUT2D eigenvalue weighted by atomic mass is 10.1. The third-order valence-corrected chi connectivity index (χ3v) is 5.68. The van der Waals surface area contributed by atoms with Crippen LogP contribution in [0.1, 0.15) is 12.5 Å². The number of benzene rings is 2. The number of halogens is 3. The SMILES string of the molecule is CCS(=O)(=O)c1ccc(Nc2cccc(C(F)(F)F)c2)c(-c2nnn(C)n2)c1. The topological polar surface area (TPSA) is 89.8 Å². The van der Waals surface area contributed by atoms with Gasteiger partial charge in [0.15, 0.2) is 9.84 Å². The fourth-order valence-electron chi connectivity index (χ4n) is 2.50. The van der Waals surface area contributed by atoms with Crippen molar-refractivity contribution < 1.29 is 21.6 Å². The van der Waals surface area contributed by atoms with E-state index in [1.54, 1.807) is 7.05 Å². The molecule has 1 heterocycles. The van der Waals surface area contributed by atoms with E-state index in [1.807, 2.05) is 0 Å². The van der Waals surface area contributed by atoms with E-state index in [0.29, 0.717) is 11.3 Å². The molecule has 0 atom stereocenters. The van der Waals surface area contributed by atoms with E-state index in [4.69, 9.17) is 0 Å². The predicted molar refractivity (Wildman–Crippen MR) is 96.7 cm³/mol. The number of tetrazole rings is 1. The Morgan fingerprint density at radius 2 is 1.89 bits per heavy atom. The Hall–Kier alpha value is -2.95. The Bertz CT molecular complexity index is 1110. The number of sulfone groups is 1. The molecule has 1 N–H and O–H groups in total. The van der Waals surface area contributed by atoms with Crippen LogP contribution in [0.3, 0.4) is 0 Å². The van der Waals surface area contributed by atoms with Crippen LogP contribution in [-0.2, 0) is 23.1 Å². The Morgan fingerprint density at radius 3 is 2.50 bits per heavy atom. The summed E-state index contributed by atoms with van der Waals surface area (Å²) >= 11 is 0. The molecule has 3 aromatic rings. The van der Waals surface area contributed by atoms with Crippen molar-refractivity contribution in [3.8, 4) is 11.4 Å². The zero-order valence-corrected chi connectivity index (χ0v) is 15.7. The average Bonchev–Trinajstić information content (AvgIpc) is 3.07. The molecule has 0 aliphatic heterocycles. The molecule has 11 heteroatoms. The van der Waals surface area contributed by atoms with Crippen molar-refractivity contribution in [2.45, 2.75) is 18.0 Å². The second kappa shape index (κ2) is 7.23. The van der Waals surface area contributed by atoms with Crippen LogP contribution < -0.4 is 5.32 Å². The second-order valence-electron chi connectivity index (χ2n) is 5.92. The van der Waals surface area contributed by atoms with Gasteiger partial charge < -0.3 is 5.32 Å². The third kappa shape index (κ3) is 4.14. The highest BCUT2D eigenvalue weighted by atomic mass is 32.2. The van der Waals surface area contributed by atoms with Gasteiger partial charge in [-0.1, -0.05) is 13.0 Å². The first-order valence-corrected chi connectivity index (χ1v) is 9.81. The minimum atomic E-state index is -4.48. The van der Waals surface area contributed by atoms with Crippen molar-refractivity contribution in [2.24, 2.45) is 7.05 Å². The standard InChI is InChI=1S/C17H16F3N5O2S/c1-3-28(26,27)13-7-8-15(14(10-13)16-22-24-25(2)23-16)21-12-6-4-5-11(9-12)17(18,19)20/h4-10,21H,3H2,1-2H3. The number of anilines is 2. The minimum Gasteiger partial charge on any atom is -0.355 e. The summed E-state index contributed by atoms with van der Waals surface area (Å²) < 4.78 is 63.3. The van der Waals surface area contributed by atoms with Gasteiger partial charge in [-0.3, -0.25) is 0 Å². The van der Waals surface area contributed by atoms with Crippen LogP contribution in [0.4, 0.5) is 24.5 Å². The van der Waals surface area contributed by atoms with Crippen LogP contribution in [0.25, 0.3) is 11.4 Å². The van der Waals surface area contributed by atoms with E-state index >= 15 is 0 Å². The smallest absolute Gasteiger partial charge is 0.355 e. The number of hydrogen-bond acceptors (Lipinski definition) is 6.